The van der Waals surface area contributed by atoms with Gasteiger partial charge in [0.05, 0.1) is 25.9 Å². The SMILES string of the molecule is CCOc1cccc(OCC)c1C(NC(=O)c1ccccn1)C(=O)OC. The Morgan fingerprint density at radius 1 is 1.04 bits per heavy atom. The first kappa shape index (κ1) is 19.2. The van der Waals surface area contributed by atoms with E-state index in [1.165, 1.54) is 13.3 Å². The number of nitrogens with one attached hydrogen (secondary N) is 1. The monoisotopic (exact) mass is 358 g/mol. The van der Waals surface area contributed by atoms with E-state index in [4.69, 9.17) is 14.2 Å². The quantitative estimate of drug-likeness (QED) is 0.730. The molecule has 1 amide bonds. The third kappa shape index (κ3) is 4.50. The van der Waals surface area contributed by atoms with Crippen molar-refractivity contribution in [2.24, 2.45) is 0 Å². The van der Waals surface area contributed by atoms with Crippen LogP contribution in [0.15, 0.2) is 42.6 Å². The molecule has 0 aliphatic rings. The Kier molecular flexibility index (Phi) is 6.96. The number of methoxy groups -OCH3 is 1. The normalized spacial score (nSPS) is 11.3. The Morgan fingerprint density at radius 2 is 1.69 bits per heavy atom. The van der Waals surface area contributed by atoms with Crippen LogP contribution in [0.25, 0.3) is 0 Å². The van der Waals surface area contributed by atoms with Crippen molar-refractivity contribution < 1.29 is 23.8 Å². The minimum Gasteiger partial charge on any atom is -0.493 e. The maximum atomic E-state index is 12.5. The number of rotatable bonds is 8. The summed E-state index contributed by atoms with van der Waals surface area (Å²) >= 11 is 0. The van der Waals surface area contributed by atoms with Gasteiger partial charge >= 0.3 is 5.97 Å². The average Bonchev–Trinajstić information content (AvgIpc) is 2.67. The van der Waals surface area contributed by atoms with Gasteiger partial charge in [-0.1, -0.05) is 12.1 Å². The van der Waals surface area contributed by atoms with E-state index in [1.807, 2.05) is 13.8 Å². The van der Waals surface area contributed by atoms with Crippen LogP contribution in [0.4, 0.5) is 0 Å². The number of pyridine rings is 1. The molecular formula is C19H22N2O5. The maximum Gasteiger partial charge on any atom is 0.333 e. The molecule has 26 heavy (non-hydrogen) atoms. The molecule has 0 aliphatic carbocycles. The molecule has 0 spiro atoms. The first-order valence-corrected chi connectivity index (χ1v) is 8.30. The van der Waals surface area contributed by atoms with Crippen molar-refractivity contribution in [3.05, 3.63) is 53.9 Å². The molecule has 0 bridgehead atoms. The molecule has 1 heterocycles. The number of benzene rings is 1. The van der Waals surface area contributed by atoms with Gasteiger partial charge in [-0.25, -0.2) is 4.79 Å². The highest BCUT2D eigenvalue weighted by Gasteiger charge is 2.31. The smallest absolute Gasteiger partial charge is 0.333 e. The standard InChI is InChI=1S/C19H22N2O5/c1-4-25-14-10-8-11-15(26-5-2)16(14)17(19(23)24-3)21-18(22)13-9-6-7-12-20-13/h6-12,17H,4-5H2,1-3H3,(H,21,22). The number of hydrogen-bond acceptors (Lipinski definition) is 6. The molecule has 0 saturated heterocycles. The predicted molar refractivity (Wildman–Crippen MR) is 95.2 cm³/mol. The molecule has 0 saturated carbocycles. The van der Waals surface area contributed by atoms with Crippen molar-refractivity contribution in [2.75, 3.05) is 20.3 Å². The van der Waals surface area contributed by atoms with Gasteiger partial charge in [0.15, 0.2) is 6.04 Å². The minimum absolute atomic E-state index is 0.188. The summed E-state index contributed by atoms with van der Waals surface area (Å²) in [6, 6.07) is 9.03. The molecule has 1 N–H and O–H groups in total. The van der Waals surface area contributed by atoms with Gasteiger partial charge in [-0.3, -0.25) is 9.78 Å². The summed E-state index contributed by atoms with van der Waals surface area (Å²) in [6.45, 7) is 4.45. The lowest BCUT2D eigenvalue weighted by Crippen LogP contribution is -2.35. The van der Waals surface area contributed by atoms with Gasteiger partial charge in [0.1, 0.15) is 17.2 Å². The van der Waals surface area contributed by atoms with Gasteiger partial charge in [0.25, 0.3) is 5.91 Å². The molecule has 0 radical (unpaired) electrons. The zero-order valence-corrected chi connectivity index (χ0v) is 15.0. The first-order valence-electron chi connectivity index (χ1n) is 8.30. The van der Waals surface area contributed by atoms with Crippen LogP contribution in [0.2, 0.25) is 0 Å². The summed E-state index contributed by atoms with van der Waals surface area (Å²) in [6.07, 6.45) is 1.50. The molecule has 1 aromatic heterocycles. The second-order valence-corrected chi connectivity index (χ2v) is 5.18. The zero-order chi connectivity index (χ0) is 18.9. The Hall–Kier alpha value is -3.09. The number of ether oxygens (including phenoxy) is 3. The molecule has 2 aromatic rings. The molecule has 138 valence electrons. The van der Waals surface area contributed by atoms with E-state index < -0.39 is 17.9 Å². The zero-order valence-electron chi connectivity index (χ0n) is 15.0. The predicted octanol–water partition coefficient (Wildman–Crippen LogP) is 2.52. The van der Waals surface area contributed by atoms with Crippen molar-refractivity contribution in [2.45, 2.75) is 19.9 Å². The van der Waals surface area contributed by atoms with Crippen LogP contribution in [0.3, 0.4) is 0 Å². The van der Waals surface area contributed by atoms with Crippen LogP contribution in [0.1, 0.15) is 35.9 Å². The van der Waals surface area contributed by atoms with E-state index in [-0.39, 0.29) is 5.69 Å². The van der Waals surface area contributed by atoms with E-state index in [2.05, 4.69) is 10.3 Å². The van der Waals surface area contributed by atoms with Crippen molar-refractivity contribution in [1.82, 2.24) is 10.3 Å². The number of nitrogens with zero attached hydrogens (tertiary/aromatic N) is 1. The van der Waals surface area contributed by atoms with Crippen LogP contribution >= 0.6 is 0 Å². The molecule has 1 unspecified atom stereocenters. The number of carbonyl (C=O) groups is 2. The second-order valence-electron chi connectivity index (χ2n) is 5.18. The fourth-order valence-corrected chi connectivity index (χ4v) is 2.44. The Bertz CT molecular complexity index is 725. The van der Waals surface area contributed by atoms with E-state index in [9.17, 15) is 9.59 Å². The summed E-state index contributed by atoms with van der Waals surface area (Å²) in [7, 11) is 1.26. The highest BCUT2D eigenvalue weighted by Crippen LogP contribution is 2.35. The van der Waals surface area contributed by atoms with Gasteiger partial charge in [-0.2, -0.15) is 0 Å². The van der Waals surface area contributed by atoms with Gasteiger partial charge in [-0.05, 0) is 38.1 Å². The number of hydrogen-bond donors (Lipinski definition) is 1. The lowest BCUT2D eigenvalue weighted by molar-refractivity contribution is -0.143. The largest absolute Gasteiger partial charge is 0.493 e. The minimum atomic E-state index is -1.10. The van der Waals surface area contributed by atoms with E-state index in [1.54, 1.807) is 36.4 Å². The fourth-order valence-electron chi connectivity index (χ4n) is 2.44. The second kappa shape index (κ2) is 9.41. The molecule has 2 rings (SSSR count). The molecule has 1 aromatic carbocycles. The number of esters is 1. The van der Waals surface area contributed by atoms with Crippen LogP contribution < -0.4 is 14.8 Å². The Morgan fingerprint density at radius 3 is 2.19 bits per heavy atom. The van der Waals surface area contributed by atoms with Gasteiger partial charge in [-0.15, -0.1) is 0 Å². The number of amides is 1. The van der Waals surface area contributed by atoms with Crippen molar-refractivity contribution >= 4 is 11.9 Å². The van der Waals surface area contributed by atoms with Crippen molar-refractivity contribution in [3.63, 3.8) is 0 Å². The third-order valence-corrected chi connectivity index (χ3v) is 3.52. The first-order chi connectivity index (χ1) is 12.6. The van der Waals surface area contributed by atoms with E-state index in [0.29, 0.717) is 30.3 Å². The number of aromatic nitrogens is 1. The van der Waals surface area contributed by atoms with Gasteiger partial charge < -0.3 is 19.5 Å². The van der Waals surface area contributed by atoms with E-state index >= 15 is 0 Å². The van der Waals surface area contributed by atoms with Gasteiger partial charge in [0.2, 0.25) is 0 Å². The highest BCUT2D eigenvalue weighted by molar-refractivity contribution is 5.95. The van der Waals surface area contributed by atoms with Crippen molar-refractivity contribution in [3.8, 4) is 11.5 Å². The average molecular weight is 358 g/mol. The summed E-state index contributed by atoms with van der Waals surface area (Å²) in [4.78, 5) is 28.9. The fraction of sp³-hybridized carbons (Fsp3) is 0.316. The molecule has 0 fully saturated rings. The van der Waals surface area contributed by atoms with Gasteiger partial charge in [0, 0.05) is 6.20 Å². The molecular weight excluding hydrogens is 336 g/mol. The Balaban J connectivity index is 2.46. The van der Waals surface area contributed by atoms with Crippen LogP contribution in [-0.4, -0.2) is 37.2 Å². The highest BCUT2D eigenvalue weighted by atomic mass is 16.5. The number of carbonyl (C=O) groups excluding carboxylic acids is 2. The summed E-state index contributed by atoms with van der Waals surface area (Å²) < 4.78 is 16.1. The molecule has 7 nitrogen and oxygen atoms in total. The van der Waals surface area contributed by atoms with Crippen LogP contribution in [0, 0.1) is 0 Å². The lowest BCUT2D eigenvalue weighted by Gasteiger charge is -2.22. The summed E-state index contributed by atoms with van der Waals surface area (Å²) in [5, 5.41) is 2.66. The maximum absolute atomic E-state index is 12.5. The summed E-state index contributed by atoms with van der Waals surface area (Å²) in [5.41, 5.74) is 0.598. The molecule has 0 aliphatic heterocycles. The van der Waals surface area contributed by atoms with Crippen molar-refractivity contribution in [1.29, 1.82) is 0 Å². The lowest BCUT2D eigenvalue weighted by atomic mass is 10.0. The molecule has 1 atom stereocenters. The van der Waals surface area contributed by atoms with Crippen LogP contribution in [-0.2, 0) is 9.53 Å². The van der Waals surface area contributed by atoms with E-state index in [0.717, 1.165) is 0 Å². The van der Waals surface area contributed by atoms with Crippen LogP contribution in [0.5, 0.6) is 11.5 Å². The third-order valence-electron chi connectivity index (χ3n) is 3.52. The molecule has 7 heteroatoms. The summed E-state index contributed by atoms with van der Waals surface area (Å²) in [5.74, 6) is -0.262. The topological polar surface area (TPSA) is 86.8 Å². The Labute approximate surface area is 152 Å².